The van der Waals surface area contributed by atoms with Gasteiger partial charge in [0.15, 0.2) is 0 Å². The molecule has 0 fully saturated rings. The van der Waals surface area contributed by atoms with E-state index in [0.29, 0.717) is 0 Å². The van der Waals surface area contributed by atoms with Gasteiger partial charge in [0, 0.05) is 0 Å². The minimum Gasteiger partial charge on any atom is -0.249 e. The number of pyridine rings is 1. The van der Waals surface area contributed by atoms with E-state index in [4.69, 9.17) is 4.98 Å². The zero-order valence-corrected chi connectivity index (χ0v) is 16.7. The summed E-state index contributed by atoms with van der Waals surface area (Å²) in [5.41, 5.74) is 6.48. The van der Waals surface area contributed by atoms with Crippen LogP contribution in [-0.2, 0) is 0 Å². The summed E-state index contributed by atoms with van der Waals surface area (Å²) in [6.07, 6.45) is 12.6. The van der Waals surface area contributed by atoms with Crippen LogP contribution in [0.1, 0.15) is 33.6 Å². The van der Waals surface area contributed by atoms with Crippen molar-refractivity contribution in [3.05, 3.63) is 137 Å². The van der Waals surface area contributed by atoms with E-state index >= 15 is 0 Å². The van der Waals surface area contributed by atoms with Crippen molar-refractivity contribution in [1.29, 1.82) is 0 Å². The van der Waals surface area contributed by atoms with Crippen molar-refractivity contribution < 1.29 is 0 Å². The molecule has 0 amide bonds. The first-order valence-corrected chi connectivity index (χ1v) is 10.1. The molecule has 1 nitrogen and oxygen atoms in total. The lowest BCUT2D eigenvalue weighted by Crippen LogP contribution is -1.88. The van der Waals surface area contributed by atoms with E-state index in [1.54, 1.807) is 0 Å². The van der Waals surface area contributed by atoms with Gasteiger partial charge in [0.25, 0.3) is 0 Å². The monoisotopic (exact) mass is 385 g/mol. The number of hydrogen-bond donors (Lipinski definition) is 0. The lowest BCUT2D eigenvalue weighted by atomic mass is 10.1. The van der Waals surface area contributed by atoms with Crippen LogP contribution in [0.25, 0.3) is 36.5 Å². The summed E-state index contributed by atoms with van der Waals surface area (Å²) in [5.74, 6) is 0. The van der Waals surface area contributed by atoms with E-state index < -0.39 is 0 Å². The maximum absolute atomic E-state index is 4.81. The van der Waals surface area contributed by atoms with E-state index in [0.717, 1.165) is 28.1 Å². The van der Waals surface area contributed by atoms with E-state index in [2.05, 4.69) is 85.0 Å². The normalized spacial score (nSPS) is 11.6. The summed E-state index contributed by atoms with van der Waals surface area (Å²) in [5, 5.41) is 0. The van der Waals surface area contributed by atoms with E-state index in [9.17, 15) is 0 Å². The Hall–Kier alpha value is -3.97. The Bertz CT molecular complexity index is 992. The lowest BCUT2D eigenvalue weighted by molar-refractivity contribution is 1.26. The highest BCUT2D eigenvalue weighted by molar-refractivity contribution is 5.76. The maximum Gasteiger partial charge on any atom is 0.0643 e. The standard InChI is InChI=1S/C29H23N/c1-4-10-24(11-5-1)16-17-27-22-28(20-18-25-12-6-2-7-13-25)30-29(23-27)21-19-26-14-8-3-9-15-26/h1-23H/b17-16+,20-18+,21-19+. The fraction of sp³-hybridized carbons (Fsp3) is 0. The Morgan fingerprint density at radius 3 is 1.10 bits per heavy atom. The van der Waals surface area contributed by atoms with E-state index in [-0.39, 0.29) is 0 Å². The summed E-state index contributed by atoms with van der Waals surface area (Å²) < 4.78 is 0. The first kappa shape index (κ1) is 19.4. The number of aromatic nitrogens is 1. The Morgan fingerprint density at radius 1 is 0.367 bits per heavy atom. The Balaban J connectivity index is 1.65. The second-order valence-corrected chi connectivity index (χ2v) is 6.98. The first-order chi connectivity index (χ1) is 14.8. The molecule has 0 aliphatic rings. The predicted molar refractivity (Wildman–Crippen MR) is 130 cm³/mol. The van der Waals surface area contributed by atoms with Crippen LogP contribution in [0.4, 0.5) is 0 Å². The fourth-order valence-electron chi connectivity index (χ4n) is 3.11. The van der Waals surface area contributed by atoms with Crippen LogP contribution >= 0.6 is 0 Å². The molecule has 0 N–H and O–H groups in total. The van der Waals surface area contributed by atoms with Gasteiger partial charge in [-0.1, -0.05) is 115 Å². The molecule has 1 heteroatoms. The zero-order valence-electron chi connectivity index (χ0n) is 16.7. The molecule has 0 atom stereocenters. The van der Waals surface area contributed by atoms with Gasteiger partial charge in [-0.2, -0.15) is 0 Å². The molecular formula is C29H23N. The topological polar surface area (TPSA) is 12.9 Å². The van der Waals surface area contributed by atoms with E-state index in [1.165, 1.54) is 5.56 Å². The maximum atomic E-state index is 4.81. The third-order valence-electron chi connectivity index (χ3n) is 4.65. The third-order valence-corrected chi connectivity index (χ3v) is 4.65. The van der Waals surface area contributed by atoms with Crippen molar-refractivity contribution in [2.45, 2.75) is 0 Å². The fourth-order valence-corrected chi connectivity index (χ4v) is 3.11. The van der Waals surface area contributed by atoms with Gasteiger partial charge >= 0.3 is 0 Å². The number of benzene rings is 3. The average Bonchev–Trinajstić information content (AvgIpc) is 2.82. The van der Waals surface area contributed by atoms with Crippen LogP contribution in [0.15, 0.2) is 103 Å². The predicted octanol–water partition coefficient (Wildman–Crippen LogP) is 7.59. The van der Waals surface area contributed by atoms with Gasteiger partial charge < -0.3 is 0 Å². The van der Waals surface area contributed by atoms with Crippen LogP contribution in [0.5, 0.6) is 0 Å². The largest absolute Gasteiger partial charge is 0.249 e. The van der Waals surface area contributed by atoms with Gasteiger partial charge in [-0.25, -0.2) is 4.98 Å². The summed E-state index contributed by atoms with van der Waals surface area (Å²) in [4.78, 5) is 4.81. The number of rotatable bonds is 6. The molecule has 4 aromatic rings. The molecular weight excluding hydrogens is 362 g/mol. The summed E-state index contributed by atoms with van der Waals surface area (Å²) >= 11 is 0. The minimum atomic E-state index is 0.932. The average molecular weight is 386 g/mol. The molecule has 3 aromatic carbocycles. The molecule has 0 saturated carbocycles. The molecule has 0 aliphatic heterocycles. The summed E-state index contributed by atoms with van der Waals surface area (Å²) in [7, 11) is 0. The summed E-state index contributed by atoms with van der Waals surface area (Å²) in [6.45, 7) is 0. The third kappa shape index (κ3) is 5.76. The highest BCUT2D eigenvalue weighted by atomic mass is 14.7. The van der Waals surface area contributed by atoms with Crippen LogP contribution < -0.4 is 0 Å². The van der Waals surface area contributed by atoms with Crippen molar-refractivity contribution in [2.24, 2.45) is 0 Å². The van der Waals surface area contributed by atoms with Crippen molar-refractivity contribution in [3.63, 3.8) is 0 Å². The second kappa shape index (κ2) is 9.99. The Morgan fingerprint density at radius 2 is 0.700 bits per heavy atom. The highest BCUT2D eigenvalue weighted by Crippen LogP contribution is 2.16. The lowest BCUT2D eigenvalue weighted by Gasteiger charge is -2.02. The quantitative estimate of drug-likeness (QED) is 0.333. The van der Waals surface area contributed by atoms with Gasteiger partial charge in [0.1, 0.15) is 0 Å². The van der Waals surface area contributed by atoms with Crippen molar-refractivity contribution in [1.82, 2.24) is 4.98 Å². The van der Waals surface area contributed by atoms with Gasteiger partial charge in [-0.3, -0.25) is 0 Å². The molecule has 0 unspecified atom stereocenters. The Labute approximate surface area is 178 Å². The molecule has 30 heavy (non-hydrogen) atoms. The van der Waals surface area contributed by atoms with Crippen molar-refractivity contribution in [3.8, 4) is 0 Å². The molecule has 0 radical (unpaired) electrons. The molecule has 1 aromatic heterocycles. The van der Waals surface area contributed by atoms with Crippen molar-refractivity contribution in [2.75, 3.05) is 0 Å². The molecule has 0 saturated heterocycles. The van der Waals surface area contributed by atoms with Gasteiger partial charge in [-0.05, 0) is 46.5 Å². The Kier molecular flexibility index (Phi) is 6.45. The number of hydrogen-bond acceptors (Lipinski definition) is 1. The van der Waals surface area contributed by atoms with Crippen LogP contribution in [-0.4, -0.2) is 4.98 Å². The number of nitrogens with zero attached hydrogens (tertiary/aromatic N) is 1. The first-order valence-electron chi connectivity index (χ1n) is 10.1. The molecule has 4 rings (SSSR count). The van der Waals surface area contributed by atoms with Crippen molar-refractivity contribution >= 4 is 36.5 Å². The molecule has 0 aliphatic carbocycles. The highest BCUT2D eigenvalue weighted by Gasteiger charge is 1.98. The van der Waals surface area contributed by atoms with Crippen LogP contribution in [0.2, 0.25) is 0 Å². The second-order valence-electron chi connectivity index (χ2n) is 6.98. The summed E-state index contributed by atoms with van der Waals surface area (Å²) in [6, 6.07) is 35.1. The minimum absolute atomic E-state index is 0.932. The molecule has 1 heterocycles. The van der Waals surface area contributed by atoms with Crippen LogP contribution in [0, 0.1) is 0 Å². The smallest absolute Gasteiger partial charge is 0.0643 e. The molecule has 0 bridgehead atoms. The molecule has 0 spiro atoms. The van der Waals surface area contributed by atoms with Gasteiger partial charge in [0.05, 0.1) is 11.4 Å². The van der Waals surface area contributed by atoms with Gasteiger partial charge in [0.2, 0.25) is 0 Å². The van der Waals surface area contributed by atoms with E-state index in [1.807, 2.05) is 54.6 Å². The van der Waals surface area contributed by atoms with Gasteiger partial charge in [-0.15, -0.1) is 0 Å². The zero-order chi connectivity index (χ0) is 20.4. The van der Waals surface area contributed by atoms with Crippen LogP contribution in [0.3, 0.4) is 0 Å². The SMILES string of the molecule is C(=C\c1cc(/C=C/c2ccccc2)nc(/C=C/c2ccccc2)c1)/c1ccccc1. The molecule has 144 valence electrons.